The summed E-state index contributed by atoms with van der Waals surface area (Å²) in [6.07, 6.45) is 4.24. The molecule has 0 bridgehead atoms. The molecule has 0 spiro atoms. The van der Waals surface area contributed by atoms with Crippen molar-refractivity contribution < 1.29 is 9.90 Å². The lowest BCUT2D eigenvalue weighted by Crippen LogP contribution is -2.29. The fourth-order valence-corrected chi connectivity index (χ4v) is 5.10. The van der Waals surface area contributed by atoms with Crippen molar-refractivity contribution in [1.29, 1.82) is 0 Å². The Morgan fingerprint density at radius 1 is 1.29 bits per heavy atom. The molecule has 2 heterocycles. The Balaban J connectivity index is 1.87. The number of hydrogen-bond donors (Lipinski definition) is 1. The van der Waals surface area contributed by atoms with Crippen molar-refractivity contribution >= 4 is 27.5 Å². The molecule has 0 amide bonds. The molecule has 0 aliphatic heterocycles. The third-order valence-electron chi connectivity index (χ3n) is 5.13. The largest absolute Gasteiger partial charge is 0.478 e. The van der Waals surface area contributed by atoms with Gasteiger partial charge in [-0.25, -0.2) is 9.78 Å². The second kappa shape index (κ2) is 7.48. The van der Waals surface area contributed by atoms with E-state index >= 15 is 0 Å². The minimum Gasteiger partial charge on any atom is -0.478 e. The molecule has 0 fully saturated rings. The first kappa shape index (κ1) is 18.8. The Labute approximate surface area is 167 Å². The minimum absolute atomic E-state index is 0.0121. The summed E-state index contributed by atoms with van der Waals surface area (Å²) in [7, 11) is 3.90. The summed E-state index contributed by atoms with van der Waals surface area (Å²) in [6, 6.07) is 6.76. The van der Waals surface area contributed by atoms with Crippen LogP contribution in [0.25, 0.3) is 10.2 Å². The summed E-state index contributed by atoms with van der Waals surface area (Å²) in [5, 5.41) is 10.0. The van der Waals surface area contributed by atoms with Gasteiger partial charge in [-0.1, -0.05) is 12.1 Å². The van der Waals surface area contributed by atoms with Crippen LogP contribution in [0.15, 0.2) is 29.1 Å². The molecule has 1 aliphatic carbocycles. The average molecular weight is 398 g/mol. The van der Waals surface area contributed by atoms with Crippen LogP contribution in [-0.4, -0.2) is 39.6 Å². The molecular weight excluding hydrogens is 374 g/mol. The molecule has 7 heteroatoms. The highest BCUT2D eigenvalue weighted by Crippen LogP contribution is 2.33. The molecule has 0 saturated heterocycles. The number of carboxylic acids is 1. The molecule has 146 valence electrons. The quantitative estimate of drug-likeness (QED) is 0.716. The monoisotopic (exact) mass is 397 g/mol. The second-order valence-corrected chi connectivity index (χ2v) is 8.64. The van der Waals surface area contributed by atoms with Crippen LogP contribution >= 0.6 is 11.3 Å². The van der Waals surface area contributed by atoms with Crippen LogP contribution in [0.2, 0.25) is 0 Å². The van der Waals surface area contributed by atoms with Gasteiger partial charge >= 0.3 is 5.97 Å². The fourth-order valence-electron chi connectivity index (χ4n) is 3.83. The van der Waals surface area contributed by atoms with Gasteiger partial charge in [0.25, 0.3) is 5.56 Å². The third-order valence-corrected chi connectivity index (χ3v) is 6.31. The van der Waals surface area contributed by atoms with Crippen LogP contribution in [0.1, 0.15) is 45.0 Å². The number of carbonyl (C=O) groups is 1. The first-order valence-corrected chi connectivity index (χ1v) is 10.3. The molecule has 0 atom stereocenters. The van der Waals surface area contributed by atoms with E-state index in [1.54, 1.807) is 34.1 Å². The number of benzene rings is 1. The maximum absolute atomic E-state index is 13.5. The molecule has 4 rings (SSSR count). The van der Waals surface area contributed by atoms with E-state index in [2.05, 4.69) is 0 Å². The zero-order valence-corrected chi connectivity index (χ0v) is 16.9. The maximum Gasteiger partial charge on any atom is 0.335 e. The molecular formula is C21H23N3O3S. The van der Waals surface area contributed by atoms with E-state index in [1.165, 1.54) is 16.9 Å². The standard InChI is InChI=1S/C21H23N3O3S/c1-23(2)12-17-22-19-18(15-8-3-4-9-16(15)28-19)20(25)24(17)11-13-6-5-7-14(10-13)21(26)27/h5-7,10H,3-4,8-9,11-12H2,1-2H3,(H,26,27). The number of carboxylic acid groups (broad SMARTS) is 1. The second-order valence-electron chi connectivity index (χ2n) is 7.55. The van der Waals surface area contributed by atoms with Crippen molar-refractivity contribution in [1.82, 2.24) is 14.5 Å². The lowest BCUT2D eigenvalue weighted by atomic mass is 9.97. The van der Waals surface area contributed by atoms with Crippen molar-refractivity contribution in [3.63, 3.8) is 0 Å². The summed E-state index contributed by atoms with van der Waals surface area (Å²) in [5.41, 5.74) is 2.17. The predicted octanol–water partition coefficient (Wildman–Crippen LogP) is 3.14. The Bertz CT molecular complexity index is 1110. The fraction of sp³-hybridized carbons (Fsp3) is 0.381. The molecule has 6 nitrogen and oxygen atoms in total. The Kier molecular flexibility index (Phi) is 5.03. The first-order chi connectivity index (χ1) is 13.4. The Morgan fingerprint density at radius 3 is 2.82 bits per heavy atom. The highest BCUT2D eigenvalue weighted by atomic mass is 32.1. The highest BCUT2D eigenvalue weighted by molar-refractivity contribution is 7.18. The SMILES string of the molecule is CN(C)Cc1nc2sc3c(c2c(=O)n1Cc1cccc(C(=O)O)c1)CCCC3. The molecule has 0 radical (unpaired) electrons. The summed E-state index contributed by atoms with van der Waals surface area (Å²) >= 11 is 1.66. The minimum atomic E-state index is -0.969. The van der Waals surface area contributed by atoms with Gasteiger partial charge in [-0.2, -0.15) is 0 Å². The Morgan fingerprint density at radius 2 is 2.07 bits per heavy atom. The van der Waals surface area contributed by atoms with Gasteiger partial charge in [0.2, 0.25) is 0 Å². The van der Waals surface area contributed by atoms with Crippen molar-refractivity contribution in [2.75, 3.05) is 14.1 Å². The van der Waals surface area contributed by atoms with Gasteiger partial charge in [-0.15, -0.1) is 11.3 Å². The summed E-state index contributed by atoms with van der Waals surface area (Å²) in [6.45, 7) is 0.864. The van der Waals surface area contributed by atoms with Crippen molar-refractivity contribution in [3.8, 4) is 0 Å². The van der Waals surface area contributed by atoms with E-state index < -0.39 is 5.97 Å². The summed E-state index contributed by atoms with van der Waals surface area (Å²) < 4.78 is 1.71. The lowest BCUT2D eigenvalue weighted by molar-refractivity contribution is 0.0696. The number of aryl methyl sites for hydroxylation is 2. The lowest BCUT2D eigenvalue weighted by Gasteiger charge is -2.16. The first-order valence-electron chi connectivity index (χ1n) is 9.45. The van der Waals surface area contributed by atoms with Gasteiger partial charge in [0.15, 0.2) is 0 Å². The number of hydrogen-bond acceptors (Lipinski definition) is 5. The molecule has 0 saturated carbocycles. The van der Waals surface area contributed by atoms with Gasteiger partial charge in [0, 0.05) is 4.88 Å². The number of aromatic nitrogens is 2. The normalized spacial score (nSPS) is 13.8. The number of aromatic carboxylic acids is 1. The van der Waals surface area contributed by atoms with Gasteiger partial charge in [0.1, 0.15) is 10.7 Å². The van der Waals surface area contributed by atoms with Crippen molar-refractivity contribution in [3.05, 3.63) is 62.0 Å². The van der Waals surface area contributed by atoms with Crippen LogP contribution in [0, 0.1) is 0 Å². The van der Waals surface area contributed by atoms with Crippen molar-refractivity contribution in [2.45, 2.75) is 38.8 Å². The van der Waals surface area contributed by atoms with Gasteiger partial charge < -0.3 is 10.0 Å². The summed E-state index contributed by atoms with van der Waals surface area (Å²) in [5.74, 6) is -0.259. The molecule has 1 N–H and O–H groups in total. The van der Waals surface area contributed by atoms with Crippen LogP contribution in [-0.2, 0) is 25.9 Å². The van der Waals surface area contributed by atoms with E-state index in [9.17, 15) is 14.7 Å². The van der Waals surface area contributed by atoms with Crippen LogP contribution < -0.4 is 5.56 Å². The third kappa shape index (κ3) is 3.47. The van der Waals surface area contributed by atoms with E-state index in [-0.39, 0.29) is 11.1 Å². The van der Waals surface area contributed by atoms with E-state index in [4.69, 9.17) is 4.98 Å². The molecule has 1 aromatic carbocycles. The van der Waals surface area contributed by atoms with Gasteiger partial charge in [0.05, 0.1) is 24.0 Å². The molecule has 0 unspecified atom stereocenters. The number of nitrogens with zero attached hydrogens (tertiary/aromatic N) is 3. The van der Waals surface area contributed by atoms with Crippen LogP contribution in [0.5, 0.6) is 0 Å². The van der Waals surface area contributed by atoms with E-state index in [0.29, 0.717) is 18.9 Å². The summed E-state index contributed by atoms with van der Waals surface area (Å²) in [4.78, 5) is 33.8. The molecule has 1 aliphatic rings. The van der Waals surface area contributed by atoms with Gasteiger partial charge in [-0.05, 0) is 63.0 Å². The zero-order valence-electron chi connectivity index (χ0n) is 16.1. The van der Waals surface area contributed by atoms with Crippen molar-refractivity contribution in [2.24, 2.45) is 0 Å². The van der Waals surface area contributed by atoms with Gasteiger partial charge in [-0.3, -0.25) is 9.36 Å². The van der Waals surface area contributed by atoms with E-state index in [0.717, 1.165) is 35.0 Å². The average Bonchev–Trinajstić information content (AvgIpc) is 3.03. The zero-order chi connectivity index (χ0) is 19.8. The maximum atomic E-state index is 13.5. The number of thiophene rings is 1. The topological polar surface area (TPSA) is 75.4 Å². The van der Waals surface area contributed by atoms with Crippen LogP contribution in [0.3, 0.4) is 0 Å². The Hall–Kier alpha value is -2.51. The van der Waals surface area contributed by atoms with Crippen LogP contribution in [0.4, 0.5) is 0 Å². The van der Waals surface area contributed by atoms with E-state index in [1.807, 2.05) is 25.1 Å². The highest BCUT2D eigenvalue weighted by Gasteiger charge is 2.22. The molecule has 28 heavy (non-hydrogen) atoms. The predicted molar refractivity (Wildman–Crippen MR) is 110 cm³/mol. The number of rotatable bonds is 5. The molecule has 2 aromatic heterocycles. The molecule has 3 aromatic rings. The smallest absolute Gasteiger partial charge is 0.335 e. The number of fused-ring (bicyclic) bond motifs is 3.